The largest absolute Gasteiger partial charge is 0.497 e. The molecule has 1 aromatic rings. The Morgan fingerprint density at radius 2 is 1.85 bits per heavy atom. The van der Waals surface area contributed by atoms with E-state index in [0.29, 0.717) is 13.2 Å². The zero-order valence-corrected chi connectivity index (χ0v) is 12.3. The Morgan fingerprint density at radius 1 is 1.15 bits per heavy atom. The van der Waals surface area contributed by atoms with Gasteiger partial charge in [0, 0.05) is 38.7 Å². The molecule has 5 heteroatoms. The summed E-state index contributed by atoms with van der Waals surface area (Å²) in [7, 11) is 4.98. The summed E-state index contributed by atoms with van der Waals surface area (Å²) in [5.41, 5.74) is 6.98. The monoisotopic (exact) mass is 281 g/mol. The first-order valence-electron chi connectivity index (χ1n) is 6.77. The third-order valence-electron chi connectivity index (χ3n) is 4.08. The summed E-state index contributed by atoms with van der Waals surface area (Å²) >= 11 is 0. The van der Waals surface area contributed by atoms with Crippen LogP contribution in [0, 0.1) is 0 Å². The fourth-order valence-corrected chi connectivity index (χ4v) is 2.72. The van der Waals surface area contributed by atoms with E-state index < -0.39 is 5.60 Å². The fraction of sp³-hybridized carbons (Fsp3) is 0.600. The van der Waals surface area contributed by atoms with Gasteiger partial charge in [-0.3, -0.25) is 0 Å². The van der Waals surface area contributed by atoms with E-state index in [2.05, 4.69) is 0 Å². The molecule has 0 spiro atoms. The third kappa shape index (κ3) is 2.75. The van der Waals surface area contributed by atoms with Gasteiger partial charge in [0.05, 0.1) is 25.9 Å². The zero-order valence-electron chi connectivity index (χ0n) is 12.3. The number of hydrogen-bond acceptors (Lipinski definition) is 5. The molecule has 0 amide bonds. The Hall–Kier alpha value is -1.30. The van der Waals surface area contributed by atoms with Crippen LogP contribution in [-0.4, -0.2) is 40.1 Å². The molecule has 2 rings (SSSR count). The van der Waals surface area contributed by atoms with Gasteiger partial charge in [-0.2, -0.15) is 0 Å². The number of nitrogens with two attached hydrogens (primary N) is 1. The minimum absolute atomic E-state index is 0.290. The first-order chi connectivity index (χ1) is 9.66. The Labute approximate surface area is 120 Å². The van der Waals surface area contributed by atoms with E-state index in [4.69, 9.17) is 24.7 Å². The van der Waals surface area contributed by atoms with Crippen molar-refractivity contribution >= 4 is 0 Å². The van der Waals surface area contributed by atoms with Gasteiger partial charge in [0.1, 0.15) is 11.5 Å². The summed E-state index contributed by atoms with van der Waals surface area (Å²) in [6.45, 7) is 1.32. The second-order valence-corrected chi connectivity index (χ2v) is 4.97. The van der Waals surface area contributed by atoms with Crippen LogP contribution in [0.2, 0.25) is 0 Å². The minimum atomic E-state index is -0.419. The van der Waals surface area contributed by atoms with E-state index in [0.717, 1.165) is 29.9 Å². The van der Waals surface area contributed by atoms with Crippen LogP contribution in [0.5, 0.6) is 11.5 Å². The predicted octanol–water partition coefficient (Wildman–Crippen LogP) is 1.90. The van der Waals surface area contributed by atoms with Crippen LogP contribution in [0.15, 0.2) is 18.2 Å². The Morgan fingerprint density at radius 3 is 2.40 bits per heavy atom. The van der Waals surface area contributed by atoms with E-state index >= 15 is 0 Å². The van der Waals surface area contributed by atoms with Gasteiger partial charge in [0.2, 0.25) is 0 Å². The molecule has 1 unspecified atom stereocenters. The average molecular weight is 281 g/mol. The Bertz CT molecular complexity index is 443. The van der Waals surface area contributed by atoms with E-state index in [9.17, 15) is 0 Å². The summed E-state index contributed by atoms with van der Waals surface area (Å²) in [6.07, 6.45) is 1.54. The second kappa shape index (κ2) is 6.43. The maximum atomic E-state index is 6.50. The minimum Gasteiger partial charge on any atom is -0.497 e. The first kappa shape index (κ1) is 15.1. The van der Waals surface area contributed by atoms with Crippen LogP contribution < -0.4 is 15.2 Å². The van der Waals surface area contributed by atoms with Crippen molar-refractivity contribution in [3.63, 3.8) is 0 Å². The molecule has 1 aliphatic rings. The summed E-state index contributed by atoms with van der Waals surface area (Å²) in [6, 6.07) is 5.36. The summed E-state index contributed by atoms with van der Waals surface area (Å²) < 4.78 is 21.9. The molecule has 0 bridgehead atoms. The quantitative estimate of drug-likeness (QED) is 0.893. The van der Waals surface area contributed by atoms with Gasteiger partial charge < -0.3 is 24.7 Å². The van der Waals surface area contributed by atoms with E-state index in [1.54, 1.807) is 21.3 Å². The highest BCUT2D eigenvalue weighted by Gasteiger charge is 2.40. The summed E-state index contributed by atoms with van der Waals surface area (Å²) in [5.74, 6) is 1.51. The number of methoxy groups -OCH3 is 3. The van der Waals surface area contributed by atoms with Crippen molar-refractivity contribution < 1.29 is 18.9 Å². The lowest BCUT2D eigenvalue weighted by atomic mass is 9.82. The van der Waals surface area contributed by atoms with Gasteiger partial charge in [-0.05, 0) is 18.2 Å². The lowest BCUT2D eigenvalue weighted by Gasteiger charge is -2.41. The maximum absolute atomic E-state index is 6.50. The number of benzene rings is 1. The molecule has 20 heavy (non-hydrogen) atoms. The van der Waals surface area contributed by atoms with E-state index in [1.165, 1.54) is 0 Å². The Kier molecular flexibility index (Phi) is 4.86. The molecule has 1 saturated heterocycles. The second-order valence-electron chi connectivity index (χ2n) is 4.97. The average Bonchev–Trinajstić information content (AvgIpc) is 2.54. The molecule has 1 atom stereocenters. The van der Waals surface area contributed by atoms with Crippen LogP contribution in [0.4, 0.5) is 0 Å². The number of rotatable bonds is 5. The predicted molar refractivity (Wildman–Crippen MR) is 76.3 cm³/mol. The molecular weight excluding hydrogens is 258 g/mol. The van der Waals surface area contributed by atoms with Crippen LogP contribution >= 0.6 is 0 Å². The van der Waals surface area contributed by atoms with Crippen molar-refractivity contribution in [3.05, 3.63) is 23.8 Å². The fourth-order valence-electron chi connectivity index (χ4n) is 2.72. The van der Waals surface area contributed by atoms with Gasteiger partial charge in [-0.25, -0.2) is 0 Å². The smallest absolute Gasteiger partial charge is 0.124 e. The highest BCUT2D eigenvalue weighted by atomic mass is 16.5. The molecule has 112 valence electrons. The molecule has 0 saturated carbocycles. The van der Waals surface area contributed by atoms with Gasteiger partial charge in [-0.15, -0.1) is 0 Å². The van der Waals surface area contributed by atoms with Crippen LogP contribution in [-0.2, 0) is 9.47 Å². The molecule has 1 aromatic carbocycles. The highest BCUT2D eigenvalue weighted by molar-refractivity contribution is 5.43. The van der Waals surface area contributed by atoms with Crippen molar-refractivity contribution in [1.82, 2.24) is 0 Å². The van der Waals surface area contributed by atoms with Crippen molar-refractivity contribution in [2.45, 2.75) is 24.5 Å². The molecular formula is C15H23NO4. The van der Waals surface area contributed by atoms with E-state index in [-0.39, 0.29) is 6.04 Å². The summed E-state index contributed by atoms with van der Waals surface area (Å²) in [4.78, 5) is 0. The standard InChI is InChI=1S/C15H23NO4/c1-17-11-4-5-13(18-2)12(10-11)14(16)15(19-3)6-8-20-9-7-15/h4-5,10,14H,6-9,16H2,1-3H3. The van der Waals surface area contributed by atoms with Crippen molar-refractivity contribution in [2.75, 3.05) is 34.5 Å². The third-order valence-corrected chi connectivity index (χ3v) is 4.08. The maximum Gasteiger partial charge on any atom is 0.124 e. The normalized spacial score (nSPS) is 19.4. The molecule has 0 radical (unpaired) electrons. The summed E-state index contributed by atoms with van der Waals surface area (Å²) in [5, 5.41) is 0. The van der Waals surface area contributed by atoms with Gasteiger partial charge in [-0.1, -0.05) is 0 Å². The van der Waals surface area contributed by atoms with Gasteiger partial charge in [0.25, 0.3) is 0 Å². The van der Waals surface area contributed by atoms with Crippen molar-refractivity contribution in [1.29, 1.82) is 0 Å². The lowest BCUT2D eigenvalue weighted by molar-refractivity contribution is -0.105. The van der Waals surface area contributed by atoms with Crippen molar-refractivity contribution in [2.24, 2.45) is 5.73 Å². The first-order valence-corrected chi connectivity index (χ1v) is 6.77. The molecule has 2 N–H and O–H groups in total. The van der Waals surface area contributed by atoms with Crippen LogP contribution in [0.25, 0.3) is 0 Å². The number of ether oxygens (including phenoxy) is 4. The van der Waals surface area contributed by atoms with Crippen LogP contribution in [0.3, 0.4) is 0 Å². The molecule has 5 nitrogen and oxygen atoms in total. The van der Waals surface area contributed by atoms with Gasteiger partial charge in [0.15, 0.2) is 0 Å². The SMILES string of the molecule is COc1ccc(OC)c(C(N)C2(OC)CCOCC2)c1. The molecule has 1 aliphatic heterocycles. The molecule has 1 fully saturated rings. The van der Waals surface area contributed by atoms with Crippen molar-refractivity contribution in [3.8, 4) is 11.5 Å². The Balaban J connectivity index is 2.37. The van der Waals surface area contributed by atoms with Gasteiger partial charge >= 0.3 is 0 Å². The topological polar surface area (TPSA) is 62.9 Å². The lowest BCUT2D eigenvalue weighted by Crippen LogP contribution is -2.47. The highest BCUT2D eigenvalue weighted by Crippen LogP contribution is 2.40. The van der Waals surface area contributed by atoms with Crippen LogP contribution in [0.1, 0.15) is 24.4 Å². The molecule has 0 aliphatic carbocycles. The van der Waals surface area contributed by atoms with E-state index in [1.807, 2.05) is 18.2 Å². The molecule has 1 heterocycles. The number of hydrogen-bond donors (Lipinski definition) is 1. The zero-order chi connectivity index (χ0) is 14.6. The molecule has 0 aromatic heterocycles.